The monoisotopic (exact) mass is 138 g/mol. The number of nitrogens with zero attached hydrogens (tertiary/aromatic N) is 2. The molecule has 1 aliphatic heterocycles. The smallest absolute Gasteiger partial charge is 0.269 e. The van der Waals surface area contributed by atoms with E-state index in [0.29, 0.717) is 13.2 Å². The van der Waals surface area contributed by atoms with E-state index in [9.17, 15) is 4.79 Å². The molecule has 0 aromatic rings. The van der Waals surface area contributed by atoms with Crippen LogP contribution < -0.4 is 0 Å². The average molecular weight is 138 g/mol. The Labute approximate surface area is 58.3 Å². The van der Waals surface area contributed by atoms with Crippen LogP contribution in [0.1, 0.15) is 0 Å². The molecule has 0 N–H and O–H groups in total. The molecule has 0 aromatic heterocycles. The summed E-state index contributed by atoms with van der Waals surface area (Å²) in [6.07, 6.45) is 2.31. The van der Waals surface area contributed by atoms with Crippen molar-refractivity contribution in [3.05, 3.63) is 12.2 Å². The molecule has 52 valence electrons. The van der Waals surface area contributed by atoms with Gasteiger partial charge in [0.25, 0.3) is 5.91 Å². The third-order valence-corrected chi connectivity index (χ3v) is 1.09. The number of hydrogen-bond donors (Lipinski definition) is 0. The van der Waals surface area contributed by atoms with Gasteiger partial charge in [-0.2, -0.15) is 5.26 Å². The number of hydroxylamine groups is 2. The highest BCUT2D eigenvalue weighted by atomic mass is 16.7. The molecule has 1 rings (SSSR count). The highest BCUT2D eigenvalue weighted by Gasteiger charge is 2.18. The fourth-order valence-electron chi connectivity index (χ4n) is 0.548. The van der Waals surface area contributed by atoms with Crippen LogP contribution in [0.2, 0.25) is 0 Å². The number of rotatable bonds is 1. The van der Waals surface area contributed by atoms with E-state index in [1.54, 1.807) is 6.07 Å². The Morgan fingerprint density at radius 3 is 2.90 bits per heavy atom. The molecule has 1 heterocycles. The van der Waals surface area contributed by atoms with Crippen molar-refractivity contribution in [3.8, 4) is 6.07 Å². The summed E-state index contributed by atoms with van der Waals surface area (Å²) in [5.41, 5.74) is 0. The zero-order chi connectivity index (χ0) is 7.40. The third-order valence-electron chi connectivity index (χ3n) is 1.09. The number of carbonyl (C=O) groups excluding carboxylic acids is 1. The molecule has 0 saturated carbocycles. The number of hydrogen-bond acceptors (Lipinski definition) is 3. The SMILES string of the molecule is N#C/C=C/C(=O)N1CCO1. The molecule has 1 fully saturated rings. The van der Waals surface area contributed by atoms with Crippen molar-refractivity contribution in [2.45, 2.75) is 0 Å². The minimum absolute atomic E-state index is 0.271. The van der Waals surface area contributed by atoms with Gasteiger partial charge in [0.1, 0.15) is 0 Å². The molecule has 4 heteroatoms. The van der Waals surface area contributed by atoms with Gasteiger partial charge < -0.3 is 0 Å². The molecule has 0 aromatic carbocycles. The molecule has 1 amide bonds. The lowest BCUT2D eigenvalue weighted by atomic mass is 10.4. The summed E-state index contributed by atoms with van der Waals surface area (Å²) in [5, 5.41) is 9.24. The van der Waals surface area contributed by atoms with E-state index in [2.05, 4.69) is 0 Å². The fourth-order valence-corrected chi connectivity index (χ4v) is 0.548. The summed E-state index contributed by atoms with van der Waals surface area (Å²) >= 11 is 0. The first-order chi connectivity index (χ1) is 4.84. The lowest BCUT2D eigenvalue weighted by molar-refractivity contribution is -0.234. The van der Waals surface area contributed by atoms with E-state index in [1.807, 2.05) is 0 Å². The van der Waals surface area contributed by atoms with Crippen molar-refractivity contribution in [3.63, 3.8) is 0 Å². The zero-order valence-electron chi connectivity index (χ0n) is 5.28. The first-order valence-corrected chi connectivity index (χ1v) is 2.85. The van der Waals surface area contributed by atoms with Crippen molar-refractivity contribution in [1.82, 2.24) is 5.06 Å². The fraction of sp³-hybridized carbons (Fsp3) is 0.333. The molecule has 1 saturated heterocycles. The van der Waals surface area contributed by atoms with Crippen LogP contribution in [-0.4, -0.2) is 24.1 Å². The molecule has 0 spiro atoms. The number of amides is 1. The highest BCUT2D eigenvalue weighted by Crippen LogP contribution is 2.02. The Balaban J connectivity index is 2.35. The van der Waals surface area contributed by atoms with Crippen molar-refractivity contribution < 1.29 is 9.63 Å². The maximum Gasteiger partial charge on any atom is 0.270 e. The molecule has 0 aliphatic carbocycles. The second-order valence-electron chi connectivity index (χ2n) is 1.74. The lowest BCUT2D eigenvalue weighted by Gasteiger charge is -2.28. The van der Waals surface area contributed by atoms with Gasteiger partial charge in [-0.1, -0.05) is 0 Å². The summed E-state index contributed by atoms with van der Waals surface area (Å²) in [5.74, 6) is -0.271. The minimum atomic E-state index is -0.271. The van der Waals surface area contributed by atoms with Crippen LogP contribution >= 0.6 is 0 Å². The predicted molar refractivity (Wildman–Crippen MR) is 32.4 cm³/mol. The van der Waals surface area contributed by atoms with E-state index >= 15 is 0 Å². The van der Waals surface area contributed by atoms with Gasteiger partial charge in [-0.25, -0.2) is 5.06 Å². The Bertz CT molecular complexity index is 200. The van der Waals surface area contributed by atoms with E-state index in [0.717, 1.165) is 6.08 Å². The first-order valence-electron chi connectivity index (χ1n) is 2.85. The summed E-state index contributed by atoms with van der Waals surface area (Å²) in [6.45, 7) is 1.21. The van der Waals surface area contributed by atoms with Crippen molar-refractivity contribution in [1.29, 1.82) is 5.26 Å². The molecule has 1 aliphatic rings. The Morgan fingerprint density at radius 2 is 2.50 bits per heavy atom. The Hall–Kier alpha value is -1.34. The average Bonchev–Trinajstić information content (AvgIpc) is 1.79. The first kappa shape index (κ1) is 6.78. The van der Waals surface area contributed by atoms with Gasteiger partial charge in [-0.05, 0) is 0 Å². The van der Waals surface area contributed by atoms with Crippen molar-refractivity contribution in [2.24, 2.45) is 0 Å². The van der Waals surface area contributed by atoms with E-state index < -0.39 is 0 Å². The second kappa shape index (κ2) is 2.99. The predicted octanol–water partition coefficient (Wildman–Crippen LogP) is -0.160. The van der Waals surface area contributed by atoms with Gasteiger partial charge in [0.15, 0.2) is 0 Å². The van der Waals surface area contributed by atoms with Crippen molar-refractivity contribution >= 4 is 5.91 Å². The number of carbonyl (C=O) groups is 1. The van der Waals surface area contributed by atoms with Gasteiger partial charge in [0.05, 0.1) is 19.2 Å². The van der Waals surface area contributed by atoms with Gasteiger partial charge >= 0.3 is 0 Å². The van der Waals surface area contributed by atoms with E-state index in [4.69, 9.17) is 10.1 Å². The summed E-state index contributed by atoms with van der Waals surface area (Å²) in [6, 6.07) is 1.72. The number of allylic oxidation sites excluding steroid dienone is 1. The van der Waals surface area contributed by atoms with Gasteiger partial charge in [-0.15, -0.1) is 0 Å². The van der Waals surface area contributed by atoms with Crippen LogP contribution in [0.3, 0.4) is 0 Å². The molecule has 0 bridgehead atoms. The third kappa shape index (κ3) is 1.33. The van der Waals surface area contributed by atoms with E-state index in [1.165, 1.54) is 11.1 Å². The zero-order valence-corrected chi connectivity index (χ0v) is 5.28. The summed E-state index contributed by atoms with van der Waals surface area (Å²) in [4.78, 5) is 15.5. The quantitative estimate of drug-likeness (QED) is 0.373. The minimum Gasteiger partial charge on any atom is -0.269 e. The molecule has 0 radical (unpaired) electrons. The number of nitriles is 1. The summed E-state index contributed by atoms with van der Waals surface area (Å²) < 4.78 is 0. The van der Waals surface area contributed by atoms with Gasteiger partial charge in [-0.3, -0.25) is 9.63 Å². The second-order valence-corrected chi connectivity index (χ2v) is 1.74. The van der Waals surface area contributed by atoms with Crippen LogP contribution in [0.4, 0.5) is 0 Å². The molecule has 10 heavy (non-hydrogen) atoms. The van der Waals surface area contributed by atoms with Gasteiger partial charge in [0, 0.05) is 12.2 Å². The standard InChI is InChI=1S/C6H6N2O2/c7-3-1-2-6(9)8-4-5-10-8/h1-2H,4-5H2/b2-1+. The Morgan fingerprint density at radius 1 is 1.80 bits per heavy atom. The maximum absolute atomic E-state index is 10.7. The van der Waals surface area contributed by atoms with Crippen LogP contribution in [0.15, 0.2) is 12.2 Å². The molecular weight excluding hydrogens is 132 g/mol. The van der Waals surface area contributed by atoms with Crippen LogP contribution in [-0.2, 0) is 9.63 Å². The largest absolute Gasteiger partial charge is 0.270 e. The normalized spacial score (nSPS) is 16.5. The molecule has 0 atom stereocenters. The lowest BCUT2D eigenvalue weighted by Crippen LogP contribution is -2.42. The Kier molecular flexibility index (Phi) is 2.03. The summed E-state index contributed by atoms with van der Waals surface area (Å²) in [7, 11) is 0. The molecular formula is C6H6N2O2. The highest BCUT2D eigenvalue weighted by molar-refractivity contribution is 5.87. The van der Waals surface area contributed by atoms with E-state index in [-0.39, 0.29) is 5.91 Å². The molecule has 0 unspecified atom stereocenters. The van der Waals surface area contributed by atoms with Crippen molar-refractivity contribution in [2.75, 3.05) is 13.2 Å². The van der Waals surface area contributed by atoms with Crippen LogP contribution in [0, 0.1) is 11.3 Å². The van der Waals surface area contributed by atoms with Gasteiger partial charge in [0.2, 0.25) is 0 Å². The maximum atomic E-state index is 10.7. The molecule has 4 nitrogen and oxygen atoms in total. The topological polar surface area (TPSA) is 53.3 Å². The van der Waals surface area contributed by atoms with Crippen LogP contribution in [0.5, 0.6) is 0 Å². The van der Waals surface area contributed by atoms with Crippen LogP contribution in [0.25, 0.3) is 0 Å².